The smallest absolute Gasteiger partial charge is 0.270 e. The molecule has 1 aliphatic carbocycles. The third-order valence-corrected chi connectivity index (χ3v) is 6.07. The lowest BCUT2D eigenvalue weighted by atomic mass is 9.77. The molecule has 0 radical (unpaired) electrons. The molecule has 0 N–H and O–H groups in total. The lowest BCUT2D eigenvalue weighted by Crippen LogP contribution is -2.46. The van der Waals surface area contributed by atoms with E-state index in [9.17, 15) is 4.79 Å². The van der Waals surface area contributed by atoms with Crippen molar-refractivity contribution in [3.8, 4) is 11.5 Å². The molecule has 3 aliphatic rings. The Balaban J connectivity index is 1.32. The molecule has 1 saturated heterocycles. The molecule has 1 atom stereocenters. The summed E-state index contributed by atoms with van der Waals surface area (Å²) in [7, 11) is 0. The van der Waals surface area contributed by atoms with E-state index < -0.39 is 0 Å². The molecule has 0 bridgehead atoms. The Morgan fingerprint density at radius 3 is 2.93 bits per heavy atom. The number of rotatable bonds is 4. The van der Waals surface area contributed by atoms with Gasteiger partial charge in [-0.15, -0.1) is 0 Å². The highest BCUT2D eigenvalue weighted by Gasteiger charge is 2.35. The van der Waals surface area contributed by atoms with E-state index >= 15 is 0 Å². The molecule has 2 fully saturated rings. The van der Waals surface area contributed by atoms with E-state index in [0.717, 1.165) is 49.5 Å². The van der Waals surface area contributed by atoms with E-state index in [1.807, 2.05) is 18.2 Å². The average molecular weight is 366 g/mol. The normalized spacial score (nSPS) is 24.3. The molecule has 1 aromatic heterocycles. The van der Waals surface area contributed by atoms with Gasteiger partial charge in [0.25, 0.3) is 5.91 Å². The van der Waals surface area contributed by atoms with E-state index in [1.54, 1.807) is 0 Å². The van der Waals surface area contributed by atoms with Crippen molar-refractivity contribution in [3.63, 3.8) is 0 Å². The molecule has 1 aromatic carbocycles. The van der Waals surface area contributed by atoms with Gasteiger partial charge in [-0.25, -0.2) is 0 Å². The molecule has 2 aliphatic heterocycles. The number of nitrogens with zero attached hydrogens (tertiary/aromatic N) is 2. The van der Waals surface area contributed by atoms with Gasteiger partial charge in [0, 0.05) is 25.3 Å². The van der Waals surface area contributed by atoms with Crippen LogP contribution in [0.25, 0.3) is 0 Å². The van der Waals surface area contributed by atoms with Crippen LogP contribution in [-0.2, 0) is 6.42 Å². The lowest BCUT2D eigenvalue weighted by molar-refractivity contribution is 0.0540. The fourth-order valence-electron chi connectivity index (χ4n) is 4.59. The summed E-state index contributed by atoms with van der Waals surface area (Å²) in [5.41, 5.74) is 2.18. The Kier molecular flexibility index (Phi) is 3.92. The van der Waals surface area contributed by atoms with Crippen LogP contribution >= 0.6 is 0 Å². The maximum Gasteiger partial charge on any atom is 0.270 e. The summed E-state index contributed by atoms with van der Waals surface area (Å²) in [5.74, 6) is 1.84. The highest BCUT2D eigenvalue weighted by molar-refractivity contribution is 5.93. The van der Waals surface area contributed by atoms with Gasteiger partial charge < -0.3 is 18.9 Å². The molecule has 5 heteroatoms. The summed E-state index contributed by atoms with van der Waals surface area (Å²) in [4.78, 5) is 15.2. The van der Waals surface area contributed by atoms with Crippen molar-refractivity contribution < 1.29 is 14.3 Å². The molecule has 1 saturated carbocycles. The Morgan fingerprint density at radius 2 is 2.07 bits per heavy atom. The predicted molar refractivity (Wildman–Crippen MR) is 102 cm³/mol. The van der Waals surface area contributed by atoms with Crippen molar-refractivity contribution in [2.45, 2.75) is 45.1 Å². The minimum atomic E-state index is 0.0820. The van der Waals surface area contributed by atoms with Gasteiger partial charge in [0.05, 0.1) is 0 Å². The van der Waals surface area contributed by atoms with E-state index in [-0.39, 0.29) is 11.3 Å². The number of hydrogen-bond donors (Lipinski definition) is 0. The zero-order chi connectivity index (χ0) is 18.4. The van der Waals surface area contributed by atoms with Crippen molar-refractivity contribution in [2.24, 2.45) is 5.41 Å². The molecule has 0 unspecified atom stereocenters. The van der Waals surface area contributed by atoms with Gasteiger partial charge in [-0.05, 0) is 67.3 Å². The van der Waals surface area contributed by atoms with E-state index in [0.29, 0.717) is 12.8 Å². The summed E-state index contributed by atoms with van der Waals surface area (Å²) < 4.78 is 13.1. The van der Waals surface area contributed by atoms with Crippen LogP contribution in [0.1, 0.15) is 54.7 Å². The number of aromatic nitrogens is 1. The summed E-state index contributed by atoms with van der Waals surface area (Å²) in [6.07, 6.45) is 7.57. The average Bonchev–Trinajstić information content (AvgIpc) is 3.20. The second kappa shape index (κ2) is 6.32. The summed E-state index contributed by atoms with van der Waals surface area (Å²) in [5, 5.41) is 0. The van der Waals surface area contributed by atoms with Crippen LogP contribution in [0.4, 0.5) is 0 Å². The molecule has 1 amide bonds. The van der Waals surface area contributed by atoms with Crippen molar-refractivity contribution >= 4 is 5.91 Å². The van der Waals surface area contributed by atoms with Crippen molar-refractivity contribution in [3.05, 3.63) is 47.8 Å². The minimum absolute atomic E-state index is 0.0820. The fraction of sp³-hybridized carbons (Fsp3) is 0.500. The Bertz CT molecular complexity index is 870. The van der Waals surface area contributed by atoms with E-state index in [4.69, 9.17) is 9.47 Å². The molecule has 0 spiro atoms. The number of ether oxygens (including phenoxy) is 2. The van der Waals surface area contributed by atoms with Crippen LogP contribution < -0.4 is 9.47 Å². The Morgan fingerprint density at radius 1 is 1.22 bits per heavy atom. The van der Waals surface area contributed by atoms with Gasteiger partial charge in [-0.3, -0.25) is 4.79 Å². The highest BCUT2D eigenvalue weighted by atomic mass is 16.7. The maximum absolute atomic E-state index is 13.2. The number of carbonyl (C=O) groups is 1. The van der Waals surface area contributed by atoms with E-state index in [1.165, 1.54) is 18.4 Å². The number of benzene rings is 1. The van der Waals surface area contributed by atoms with Gasteiger partial charge in [0.1, 0.15) is 5.69 Å². The van der Waals surface area contributed by atoms with Crippen LogP contribution in [0.3, 0.4) is 0 Å². The van der Waals surface area contributed by atoms with Gasteiger partial charge in [-0.1, -0.05) is 13.0 Å². The maximum atomic E-state index is 13.2. The number of fused-ring (bicyclic) bond motifs is 1. The largest absolute Gasteiger partial charge is 0.454 e. The van der Waals surface area contributed by atoms with Crippen LogP contribution in [-0.4, -0.2) is 35.3 Å². The first-order valence-electron chi connectivity index (χ1n) is 9.96. The first-order valence-corrected chi connectivity index (χ1v) is 9.96. The van der Waals surface area contributed by atoms with E-state index in [2.05, 4.69) is 34.7 Å². The molecule has 5 rings (SSSR count). The molecule has 5 nitrogen and oxygen atoms in total. The van der Waals surface area contributed by atoms with Crippen LogP contribution in [0.15, 0.2) is 36.5 Å². The number of carbonyl (C=O) groups excluding carboxylic acids is 1. The first kappa shape index (κ1) is 16.7. The molecule has 2 aromatic rings. The van der Waals surface area contributed by atoms with Gasteiger partial charge in [0.2, 0.25) is 6.79 Å². The summed E-state index contributed by atoms with van der Waals surface area (Å²) in [6.45, 7) is 4.26. The minimum Gasteiger partial charge on any atom is -0.454 e. The molecular weight excluding hydrogens is 340 g/mol. The quantitative estimate of drug-likeness (QED) is 0.820. The van der Waals surface area contributed by atoms with Crippen LogP contribution in [0, 0.1) is 5.41 Å². The number of amides is 1. The lowest BCUT2D eigenvalue weighted by Gasteiger charge is -2.41. The Hall–Kier alpha value is -2.43. The summed E-state index contributed by atoms with van der Waals surface area (Å²) >= 11 is 0. The third kappa shape index (κ3) is 3.20. The monoisotopic (exact) mass is 366 g/mol. The van der Waals surface area contributed by atoms with Gasteiger partial charge >= 0.3 is 0 Å². The summed E-state index contributed by atoms with van der Waals surface area (Å²) in [6, 6.07) is 10.7. The Labute approximate surface area is 159 Å². The molecule has 3 heterocycles. The third-order valence-electron chi connectivity index (χ3n) is 6.07. The topological polar surface area (TPSA) is 43.7 Å². The second-order valence-corrected chi connectivity index (χ2v) is 8.54. The zero-order valence-electron chi connectivity index (χ0n) is 15.8. The zero-order valence-corrected chi connectivity index (χ0v) is 15.8. The number of piperidine rings is 1. The number of hydrogen-bond acceptors (Lipinski definition) is 3. The van der Waals surface area contributed by atoms with Crippen LogP contribution in [0.2, 0.25) is 0 Å². The molecule has 142 valence electrons. The van der Waals surface area contributed by atoms with Crippen molar-refractivity contribution in [1.29, 1.82) is 0 Å². The molecule has 27 heavy (non-hydrogen) atoms. The highest BCUT2D eigenvalue weighted by Crippen LogP contribution is 2.39. The fourth-order valence-corrected chi connectivity index (χ4v) is 4.59. The molecular formula is C22H26N2O3. The SMILES string of the molecule is C[C@@]1(Cc2ccc3c(c2)OCO3)CCCN(C(=O)c2cccn2C2CC2)C1. The number of likely N-dealkylation sites (tertiary alicyclic amines) is 1. The van der Waals surface area contributed by atoms with Gasteiger partial charge in [0.15, 0.2) is 11.5 Å². The van der Waals surface area contributed by atoms with Gasteiger partial charge in [-0.2, -0.15) is 0 Å². The standard InChI is InChI=1S/C22H26N2O3/c1-22(13-16-5-8-19-20(12-16)27-15-26-19)9-3-10-23(14-22)21(25)18-4-2-11-24(18)17-6-7-17/h2,4-5,8,11-12,17H,3,6-7,9-10,13-15H2,1H3/t22-/m0/s1. The van der Waals surface area contributed by atoms with Crippen molar-refractivity contribution in [1.82, 2.24) is 9.47 Å². The first-order chi connectivity index (χ1) is 13.1. The second-order valence-electron chi connectivity index (χ2n) is 8.54. The van der Waals surface area contributed by atoms with Crippen LogP contribution in [0.5, 0.6) is 11.5 Å². The van der Waals surface area contributed by atoms with Crippen molar-refractivity contribution in [2.75, 3.05) is 19.9 Å². The predicted octanol–water partition coefficient (Wildman–Crippen LogP) is 4.04.